The van der Waals surface area contributed by atoms with Crippen LogP contribution in [0, 0.1) is 0 Å². The molecule has 2 aromatic rings. The van der Waals surface area contributed by atoms with Crippen molar-refractivity contribution in [3.05, 3.63) is 30.0 Å². The van der Waals surface area contributed by atoms with Crippen molar-refractivity contribution in [2.75, 3.05) is 6.54 Å². The number of furan rings is 1. The van der Waals surface area contributed by atoms with Crippen LogP contribution in [-0.4, -0.2) is 18.2 Å². The van der Waals surface area contributed by atoms with E-state index in [9.17, 15) is 0 Å². The molecule has 0 radical (unpaired) electrons. The molecule has 3 heteroatoms. The third-order valence-electron chi connectivity index (χ3n) is 3.48. The molecule has 0 bridgehead atoms. The van der Waals surface area contributed by atoms with Crippen LogP contribution in [0.2, 0.25) is 0 Å². The van der Waals surface area contributed by atoms with E-state index >= 15 is 0 Å². The average Bonchev–Trinajstić information content (AvgIpc) is 2.78. The molecule has 3 nitrogen and oxygen atoms in total. The predicted molar refractivity (Wildman–Crippen MR) is 92.8 cm³/mol. The lowest BCUT2D eigenvalue weighted by atomic mass is 9.93. The highest BCUT2D eigenvalue weighted by Crippen LogP contribution is 2.31. The molecule has 0 aliphatic carbocycles. The molecular formula is C19H29NO2. The molecule has 122 valence electrons. The zero-order valence-corrected chi connectivity index (χ0v) is 14.9. The second kappa shape index (κ2) is 5.96. The number of rotatable bonds is 4. The van der Waals surface area contributed by atoms with Gasteiger partial charge in [0.15, 0.2) is 0 Å². The fourth-order valence-corrected chi connectivity index (χ4v) is 2.19. The van der Waals surface area contributed by atoms with Crippen LogP contribution in [-0.2, 0) is 5.41 Å². The van der Waals surface area contributed by atoms with Crippen molar-refractivity contribution in [2.24, 2.45) is 0 Å². The molecule has 2 rings (SSSR count). The summed E-state index contributed by atoms with van der Waals surface area (Å²) in [5.41, 5.74) is 1.04. The minimum atomic E-state index is 0.0178. The zero-order valence-electron chi connectivity index (χ0n) is 14.9. The van der Waals surface area contributed by atoms with Crippen LogP contribution in [0.15, 0.2) is 28.7 Å². The Hall–Kier alpha value is -1.48. The van der Waals surface area contributed by atoms with Crippen LogP contribution < -0.4 is 10.1 Å². The van der Waals surface area contributed by atoms with Crippen LogP contribution in [0.3, 0.4) is 0 Å². The molecule has 0 spiro atoms. The predicted octanol–water partition coefficient (Wildman–Crippen LogP) is 4.89. The Kier molecular flexibility index (Phi) is 4.57. The molecule has 0 unspecified atom stereocenters. The quantitative estimate of drug-likeness (QED) is 0.873. The largest absolute Gasteiger partial charge is 0.489 e. The smallest absolute Gasteiger partial charge is 0.134 e. The van der Waals surface area contributed by atoms with E-state index in [0.29, 0.717) is 0 Å². The summed E-state index contributed by atoms with van der Waals surface area (Å²) >= 11 is 0. The normalized spacial score (nSPS) is 14.3. The molecule has 0 aliphatic rings. The van der Waals surface area contributed by atoms with Crippen molar-refractivity contribution < 1.29 is 9.15 Å². The molecule has 1 aromatic heterocycles. The molecule has 22 heavy (non-hydrogen) atoms. The van der Waals surface area contributed by atoms with Crippen molar-refractivity contribution in [3.63, 3.8) is 0 Å². The van der Waals surface area contributed by atoms with Crippen molar-refractivity contribution in [1.29, 1.82) is 0 Å². The van der Waals surface area contributed by atoms with Crippen LogP contribution in [0.4, 0.5) is 0 Å². The van der Waals surface area contributed by atoms with E-state index in [2.05, 4.69) is 65.9 Å². The molecular weight excluding hydrogens is 274 g/mol. The van der Waals surface area contributed by atoms with Gasteiger partial charge < -0.3 is 14.5 Å². The second-order valence-corrected chi connectivity index (χ2v) is 8.12. The lowest BCUT2D eigenvalue weighted by molar-refractivity contribution is 0.203. The lowest BCUT2D eigenvalue weighted by Crippen LogP contribution is -2.41. The summed E-state index contributed by atoms with van der Waals surface area (Å²) in [7, 11) is 0. The van der Waals surface area contributed by atoms with Gasteiger partial charge in [-0.05, 0) is 52.0 Å². The first-order valence-corrected chi connectivity index (χ1v) is 8.00. The topological polar surface area (TPSA) is 34.4 Å². The Labute approximate surface area is 134 Å². The number of ether oxygens (including phenoxy) is 1. The van der Waals surface area contributed by atoms with E-state index in [4.69, 9.17) is 9.15 Å². The van der Waals surface area contributed by atoms with E-state index in [-0.39, 0.29) is 17.1 Å². The Balaban J connectivity index is 2.09. The van der Waals surface area contributed by atoms with E-state index in [0.717, 1.165) is 29.0 Å². The Morgan fingerprint density at radius 3 is 2.36 bits per heavy atom. The summed E-state index contributed by atoms with van der Waals surface area (Å²) in [6, 6.07) is 8.14. The van der Waals surface area contributed by atoms with E-state index in [1.54, 1.807) is 0 Å². The van der Waals surface area contributed by atoms with Gasteiger partial charge >= 0.3 is 0 Å². The molecule has 0 fully saturated rings. The number of hydrogen-bond donors (Lipinski definition) is 1. The van der Waals surface area contributed by atoms with Gasteiger partial charge in [-0.15, -0.1) is 0 Å². The number of fused-ring (bicyclic) bond motifs is 1. The first kappa shape index (κ1) is 16.9. The Morgan fingerprint density at radius 1 is 1.09 bits per heavy atom. The van der Waals surface area contributed by atoms with Gasteiger partial charge in [-0.3, -0.25) is 0 Å². The zero-order chi connectivity index (χ0) is 16.5. The van der Waals surface area contributed by atoms with Crippen molar-refractivity contribution in [1.82, 2.24) is 5.32 Å². The van der Waals surface area contributed by atoms with Crippen molar-refractivity contribution in [3.8, 4) is 5.75 Å². The third kappa shape index (κ3) is 4.51. The highest BCUT2D eigenvalue weighted by atomic mass is 16.5. The summed E-state index contributed by atoms with van der Waals surface area (Å²) in [5.74, 6) is 1.89. The highest BCUT2D eigenvalue weighted by molar-refractivity contribution is 5.79. The summed E-state index contributed by atoms with van der Waals surface area (Å²) in [6.07, 6.45) is 0.116. The lowest BCUT2D eigenvalue weighted by Gasteiger charge is -2.24. The number of hydrogen-bond acceptors (Lipinski definition) is 3. The minimum Gasteiger partial charge on any atom is -0.489 e. The SMILES string of the molecule is C[C@H](CNC(C)(C)C)Oc1ccc2oc(C(C)(C)C)cc2c1. The molecule has 0 saturated heterocycles. The van der Waals surface area contributed by atoms with Crippen LogP contribution in [0.5, 0.6) is 5.75 Å². The molecule has 0 amide bonds. The van der Waals surface area contributed by atoms with Gasteiger partial charge in [0.1, 0.15) is 23.2 Å². The fraction of sp³-hybridized carbons (Fsp3) is 0.579. The maximum absolute atomic E-state index is 6.01. The molecule has 1 heterocycles. The van der Waals surface area contributed by atoms with Gasteiger partial charge in [-0.1, -0.05) is 20.8 Å². The van der Waals surface area contributed by atoms with Crippen LogP contribution in [0.1, 0.15) is 54.2 Å². The van der Waals surface area contributed by atoms with Crippen molar-refractivity contribution >= 4 is 11.0 Å². The number of benzene rings is 1. The van der Waals surface area contributed by atoms with Gasteiger partial charge in [0.05, 0.1) is 0 Å². The minimum absolute atomic E-state index is 0.0178. The van der Waals surface area contributed by atoms with Gasteiger partial charge in [-0.2, -0.15) is 0 Å². The second-order valence-electron chi connectivity index (χ2n) is 8.12. The molecule has 0 aliphatic heterocycles. The van der Waals surface area contributed by atoms with Gasteiger partial charge in [0.25, 0.3) is 0 Å². The maximum Gasteiger partial charge on any atom is 0.134 e. The molecule has 1 aromatic carbocycles. The van der Waals surface area contributed by atoms with Crippen molar-refractivity contribution in [2.45, 2.75) is 65.5 Å². The number of nitrogens with one attached hydrogen (secondary N) is 1. The third-order valence-corrected chi connectivity index (χ3v) is 3.48. The Bertz CT molecular complexity index is 629. The first-order chi connectivity index (χ1) is 10.0. The summed E-state index contributed by atoms with van der Waals surface area (Å²) in [5, 5.41) is 4.56. The van der Waals surface area contributed by atoms with E-state index < -0.39 is 0 Å². The maximum atomic E-state index is 6.01. The van der Waals surface area contributed by atoms with Gasteiger partial charge in [0.2, 0.25) is 0 Å². The average molecular weight is 303 g/mol. The van der Waals surface area contributed by atoms with Crippen LogP contribution >= 0.6 is 0 Å². The van der Waals surface area contributed by atoms with E-state index in [1.807, 2.05) is 12.1 Å². The standard InChI is InChI=1S/C19H29NO2/c1-13(12-20-19(5,6)7)21-15-8-9-16-14(10-15)11-17(22-16)18(2,3)4/h8-11,13,20H,12H2,1-7H3/t13-/m1/s1. The molecule has 1 atom stereocenters. The summed E-state index contributed by atoms with van der Waals surface area (Å²) in [6.45, 7) is 15.8. The highest BCUT2D eigenvalue weighted by Gasteiger charge is 2.19. The fourth-order valence-electron chi connectivity index (χ4n) is 2.19. The molecule has 1 N–H and O–H groups in total. The Morgan fingerprint density at radius 2 is 1.77 bits per heavy atom. The molecule has 0 saturated carbocycles. The first-order valence-electron chi connectivity index (χ1n) is 8.00. The van der Waals surface area contributed by atoms with Gasteiger partial charge in [0, 0.05) is 22.9 Å². The monoisotopic (exact) mass is 303 g/mol. The van der Waals surface area contributed by atoms with Crippen LogP contribution in [0.25, 0.3) is 11.0 Å². The summed E-state index contributed by atoms with van der Waals surface area (Å²) < 4.78 is 11.9. The van der Waals surface area contributed by atoms with E-state index in [1.165, 1.54) is 0 Å². The van der Waals surface area contributed by atoms with Gasteiger partial charge in [-0.25, -0.2) is 0 Å². The summed E-state index contributed by atoms with van der Waals surface area (Å²) in [4.78, 5) is 0.